The third-order valence-corrected chi connectivity index (χ3v) is 9.85. The maximum Gasteiger partial charge on any atom is 0.472 e. The molecule has 0 aromatic carbocycles. The van der Waals surface area contributed by atoms with Crippen LogP contribution in [0.25, 0.3) is 0 Å². The van der Waals surface area contributed by atoms with Gasteiger partial charge in [-0.3, -0.25) is 18.6 Å². The van der Waals surface area contributed by atoms with Gasteiger partial charge in [-0.25, -0.2) is 4.57 Å². The number of carbonyl (C=O) groups is 2. The van der Waals surface area contributed by atoms with Gasteiger partial charge >= 0.3 is 19.8 Å². The Morgan fingerprint density at radius 2 is 1.15 bits per heavy atom. The Balaban J connectivity index is 4.58. The van der Waals surface area contributed by atoms with Crippen molar-refractivity contribution in [2.24, 2.45) is 0 Å². The molecule has 0 bridgehead atoms. The average molecular weight is 873 g/mol. The fourth-order valence-corrected chi connectivity index (χ4v) is 6.03. The number of esters is 2. The Hall–Kier alpha value is -3.37. The molecular formula is C50H83NO9P+. The quantitative estimate of drug-likeness (QED) is 0.0155. The van der Waals surface area contributed by atoms with Gasteiger partial charge in [-0.1, -0.05) is 142 Å². The molecule has 0 saturated carbocycles. The number of likely N-dealkylation sites (N-methyl/N-ethyl adjacent to an activating group) is 1. The predicted octanol–water partition coefficient (Wildman–Crippen LogP) is 12.1. The molecule has 0 rings (SSSR count). The van der Waals surface area contributed by atoms with Crippen LogP contribution in [0.3, 0.4) is 0 Å². The molecule has 0 amide bonds. The maximum atomic E-state index is 12.7. The largest absolute Gasteiger partial charge is 0.472 e. The number of hydrogen-bond donors (Lipinski definition) is 2. The molecule has 11 heteroatoms. The molecule has 2 N–H and O–H groups in total. The van der Waals surface area contributed by atoms with Crippen LogP contribution < -0.4 is 0 Å². The Kier molecular flexibility index (Phi) is 38.4. The van der Waals surface area contributed by atoms with Gasteiger partial charge in [0.2, 0.25) is 0 Å². The molecule has 0 aromatic rings. The van der Waals surface area contributed by atoms with Crippen molar-refractivity contribution in [3.05, 3.63) is 109 Å². The maximum absolute atomic E-state index is 12.7. The first-order valence-electron chi connectivity index (χ1n) is 22.7. The number of carbonyl (C=O) groups excluding carboxylic acids is 2. The number of phosphoric acid groups is 1. The van der Waals surface area contributed by atoms with E-state index in [-0.39, 0.29) is 26.1 Å². The van der Waals surface area contributed by atoms with Crippen molar-refractivity contribution in [3.63, 3.8) is 0 Å². The Morgan fingerprint density at radius 1 is 0.607 bits per heavy atom. The molecule has 0 aromatic heterocycles. The zero-order valence-corrected chi connectivity index (χ0v) is 39.4. The van der Waals surface area contributed by atoms with Crippen LogP contribution in [-0.2, 0) is 32.7 Å². The van der Waals surface area contributed by atoms with Crippen LogP contribution >= 0.6 is 7.82 Å². The SMILES string of the molecule is CC/C=C\C/C=C\C/C=C\C/C=C\C/C=C\CCCCCC(=O)O[C@H](COC(=O)CCC/C=C/C/C=C\C[C@H](O)/C=C\C=C/CCCCC)COP(=O)(O)OCC[N+](C)(C)C. The molecule has 0 heterocycles. The molecular weight excluding hydrogens is 790 g/mol. The van der Waals surface area contributed by atoms with E-state index in [1.54, 1.807) is 6.08 Å². The first-order chi connectivity index (χ1) is 29.4. The smallest absolute Gasteiger partial charge is 0.462 e. The second-order valence-electron chi connectivity index (χ2n) is 15.9. The number of unbranched alkanes of at least 4 members (excludes halogenated alkanes) is 7. The van der Waals surface area contributed by atoms with E-state index in [9.17, 15) is 24.2 Å². The molecule has 0 aliphatic heterocycles. The third kappa shape index (κ3) is 44.5. The molecule has 0 radical (unpaired) electrons. The van der Waals surface area contributed by atoms with E-state index in [0.29, 0.717) is 36.7 Å². The number of rotatable bonds is 39. The lowest BCUT2D eigenvalue weighted by atomic mass is 10.1. The lowest BCUT2D eigenvalue weighted by Gasteiger charge is -2.24. The number of hydrogen-bond acceptors (Lipinski definition) is 8. The van der Waals surface area contributed by atoms with Crippen molar-refractivity contribution in [2.75, 3.05) is 47.5 Å². The van der Waals surface area contributed by atoms with Crippen molar-refractivity contribution in [3.8, 4) is 0 Å². The number of aliphatic hydroxyl groups is 1. The first-order valence-corrected chi connectivity index (χ1v) is 24.2. The summed E-state index contributed by atoms with van der Waals surface area (Å²) >= 11 is 0. The molecule has 61 heavy (non-hydrogen) atoms. The normalized spacial score (nSPS) is 15.1. The number of allylic oxidation sites excluding steroid dienone is 16. The van der Waals surface area contributed by atoms with Gasteiger partial charge in [0.1, 0.15) is 19.8 Å². The minimum Gasteiger partial charge on any atom is -0.462 e. The Bertz CT molecular complexity index is 1420. The number of phosphoric ester groups is 1. The highest BCUT2D eigenvalue weighted by atomic mass is 31.2. The lowest BCUT2D eigenvalue weighted by molar-refractivity contribution is -0.870. The van der Waals surface area contributed by atoms with Crippen molar-refractivity contribution in [1.82, 2.24) is 0 Å². The van der Waals surface area contributed by atoms with Crippen molar-refractivity contribution >= 4 is 19.8 Å². The molecule has 346 valence electrons. The number of nitrogens with zero attached hydrogens (tertiary/aromatic N) is 1. The minimum atomic E-state index is -4.42. The van der Waals surface area contributed by atoms with E-state index in [1.807, 2.05) is 57.6 Å². The summed E-state index contributed by atoms with van der Waals surface area (Å²) in [6, 6.07) is 0. The zero-order chi connectivity index (χ0) is 45.1. The van der Waals surface area contributed by atoms with Gasteiger partial charge in [0.25, 0.3) is 0 Å². The van der Waals surface area contributed by atoms with E-state index >= 15 is 0 Å². The van der Waals surface area contributed by atoms with Gasteiger partial charge in [0.15, 0.2) is 6.10 Å². The molecule has 0 fully saturated rings. The lowest BCUT2D eigenvalue weighted by Crippen LogP contribution is -2.37. The fourth-order valence-electron chi connectivity index (χ4n) is 5.29. The van der Waals surface area contributed by atoms with Crippen LogP contribution in [0.5, 0.6) is 0 Å². The van der Waals surface area contributed by atoms with Crippen LogP contribution in [0.2, 0.25) is 0 Å². The predicted molar refractivity (Wildman–Crippen MR) is 253 cm³/mol. The highest BCUT2D eigenvalue weighted by molar-refractivity contribution is 7.47. The van der Waals surface area contributed by atoms with E-state index < -0.39 is 38.6 Å². The van der Waals surface area contributed by atoms with E-state index in [4.69, 9.17) is 18.5 Å². The minimum absolute atomic E-state index is 0.000834. The standard InChI is InChI=1S/C50H82NO9P/c1-6-8-10-12-14-15-16-17-18-19-20-21-22-23-24-25-29-34-38-42-50(54)60-48(46-59-61(55,56)58-44-43-51(3,4)5)45-57-49(53)41-37-33-30-26-28-32-36-40-47(52)39-35-31-27-13-11-9-7-2/h8,10,14-15,17-18,20-21,23-24,26-27,30-32,35-36,39,47-48,52H,6-7,9,11-13,16,19,22,25,28-29,33-34,37-38,40-46H2,1-5H3/p+1/b10-8-,15-14-,18-17-,21-20-,24-23-,30-26+,31-27-,36-32-,39-35-/t47-,48-/m1/s1. The van der Waals surface area contributed by atoms with E-state index in [2.05, 4.69) is 80.7 Å². The highest BCUT2D eigenvalue weighted by Gasteiger charge is 2.27. The summed E-state index contributed by atoms with van der Waals surface area (Å²) in [6.45, 7) is 4.05. The average Bonchev–Trinajstić information content (AvgIpc) is 3.21. The van der Waals surface area contributed by atoms with Crippen LogP contribution in [0.15, 0.2) is 109 Å². The summed E-state index contributed by atoms with van der Waals surface area (Å²) in [5.74, 6) is -0.956. The van der Waals surface area contributed by atoms with Crippen molar-refractivity contribution in [1.29, 1.82) is 0 Å². The molecule has 1 unspecified atom stereocenters. The third-order valence-electron chi connectivity index (χ3n) is 8.87. The monoisotopic (exact) mass is 873 g/mol. The van der Waals surface area contributed by atoms with Crippen molar-refractivity contribution < 1.29 is 47.2 Å². The molecule has 10 nitrogen and oxygen atoms in total. The van der Waals surface area contributed by atoms with Gasteiger partial charge in [0.05, 0.1) is 33.9 Å². The van der Waals surface area contributed by atoms with E-state index in [1.165, 1.54) is 19.3 Å². The summed E-state index contributed by atoms with van der Waals surface area (Å²) in [7, 11) is 1.37. The number of ether oxygens (including phenoxy) is 2. The van der Waals surface area contributed by atoms with Crippen molar-refractivity contribution in [2.45, 2.75) is 148 Å². The van der Waals surface area contributed by atoms with Gasteiger partial charge in [0, 0.05) is 12.8 Å². The molecule has 3 atom stereocenters. The number of aliphatic hydroxyl groups excluding tert-OH is 1. The second-order valence-corrected chi connectivity index (χ2v) is 17.3. The van der Waals surface area contributed by atoms with Gasteiger partial charge in [-0.15, -0.1) is 0 Å². The Morgan fingerprint density at radius 3 is 1.75 bits per heavy atom. The highest BCUT2D eigenvalue weighted by Crippen LogP contribution is 2.43. The topological polar surface area (TPSA) is 129 Å². The fraction of sp³-hybridized carbons (Fsp3) is 0.600. The molecule has 0 aliphatic carbocycles. The van der Waals surface area contributed by atoms with Gasteiger partial charge in [-0.05, 0) is 89.9 Å². The summed E-state index contributed by atoms with van der Waals surface area (Å²) < 4.78 is 34.2. The summed E-state index contributed by atoms with van der Waals surface area (Å²) in [4.78, 5) is 35.4. The van der Waals surface area contributed by atoms with Gasteiger partial charge < -0.3 is 24.0 Å². The zero-order valence-electron chi connectivity index (χ0n) is 38.5. The second kappa shape index (κ2) is 40.7. The number of quaternary nitrogens is 1. The molecule has 0 spiro atoms. The van der Waals surface area contributed by atoms with Crippen LogP contribution in [0.1, 0.15) is 136 Å². The molecule has 0 saturated heterocycles. The van der Waals surface area contributed by atoms with Crippen LogP contribution in [-0.4, -0.2) is 86.1 Å². The van der Waals surface area contributed by atoms with Crippen LogP contribution in [0.4, 0.5) is 0 Å². The Labute approximate surface area is 370 Å². The van der Waals surface area contributed by atoms with Gasteiger partial charge in [-0.2, -0.15) is 0 Å². The summed E-state index contributed by atoms with van der Waals surface area (Å²) in [5.41, 5.74) is 0. The summed E-state index contributed by atoms with van der Waals surface area (Å²) in [6.07, 6.45) is 51.7. The van der Waals surface area contributed by atoms with E-state index in [0.717, 1.165) is 64.2 Å². The molecule has 0 aliphatic rings. The van der Waals surface area contributed by atoms with Crippen LogP contribution in [0, 0.1) is 0 Å². The summed E-state index contributed by atoms with van der Waals surface area (Å²) in [5, 5.41) is 10.1. The first kappa shape index (κ1) is 57.6.